The summed E-state index contributed by atoms with van der Waals surface area (Å²) in [5, 5.41) is 4.84. The minimum atomic E-state index is 0.521. The number of hydrogen-bond donors (Lipinski definition) is 0. The molecule has 6 rings (SSSR count). The van der Waals surface area contributed by atoms with Crippen molar-refractivity contribution >= 4 is 16.9 Å². The van der Waals surface area contributed by atoms with E-state index in [1.807, 2.05) is 16.9 Å². The van der Waals surface area contributed by atoms with E-state index in [2.05, 4.69) is 46.7 Å². The highest BCUT2D eigenvalue weighted by molar-refractivity contribution is 5.88. The van der Waals surface area contributed by atoms with E-state index in [4.69, 9.17) is 24.5 Å². The van der Waals surface area contributed by atoms with Crippen LogP contribution in [0.4, 0.5) is 5.69 Å². The van der Waals surface area contributed by atoms with Gasteiger partial charge >= 0.3 is 0 Å². The van der Waals surface area contributed by atoms with E-state index in [-0.39, 0.29) is 0 Å². The number of pyridine rings is 1. The van der Waals surface area contributed by atoms with Crippen molar-refractivity contribution < 1.29 is 9.47 Å². The van der Waals surface area contributed by atoms with Crippen LogP contribution in [0.25, 0.3) is 28.2 Å². The lowest BCUT2D eigenvalue weighted by Crippen LogP contribution is -2.36. The number of imidazole rings is 1. The lowest BCUT2D eigenvalue weighted by atomic mass is 10.1. The van der Waals surface area contributed by atoms with Gasteiger partial charge in [0.1, 0.15) is 17.9 Å². The third kappa shape index (κ3) is 3.28. The minimum Gasteiger partial charge on any atom is -0.378 e. The molecule has 0 saturated carbocycles. The van der Waals surface area contributed by atoms with Crippen molar-refractivity contribution in [2.45, 2.75) is 20.1 Å². The zero-order chi connectivity index (χ0) is 20.8. The molecule has 158 valence electrons. The van der Waals surface area contributed by atoms with Crippen LogP contribution in [0.15, 0.2) is 42.6 Å². The Balaban J connectivity index is 1.49. The highest BCUT2D eigenvalue weighted by Gasteiger charge is 2.23. The number of aromatic nitrogens is 5. The van der Waals surface area contributed by atoms with Crippen LogP contribution in [0, 0.1) is 6.92 Å². The molecular formula is C23H24N6O2. The Morgan fingerprint density at radius 3 is 2.68 bits per heavy atom. The van der Waals surface area contributed by atoms with Crippen molar-refractivity contribution in [3.05, 3.63) is 54.0 Å². The molecule has 2 aliphatic heterocycles. The average molecular weight is 416 g/mol. The Morgan fingerprint density at radius 1 is 0.935 bits per heavy atom. The van der Waals surface area contributed by atoms with Crippen LogP contribution in [-0.4, -0.2) is 57.2 Å². The van der Waals surface area contributed by atoms with Gasteiger partial charge in [-0.2, -0.15) is 5.10 Å². The summed E-state index contributed by atoms with van der Waals surface area (Å²) >= 11 is 0. The molecule has 0 aliphatic carbocycles. The van der Waals surface area contributed by atoms with Crippen molar-refractivity contribution in [1.82, 2.24) is 24.3 Å². The van der Waals surface area contributed by atoms with E-state index in [1.165, 1.54) is 5.56 Å². The largest absolute Gasteiger partial charge is 0.378 e. The summed E-state index contributed by atoms with van der Waals surface area (Å²) in [4.78, 5) is 12.2. The molecule has 0 atom stereocenters. The van der Waals surface area contributed by atoms with E-state index in [1.54, 1.807) is 0 Å². The monoisotopic (exact) mass is 416 g/mol. The van der Waals surface area contributed by atoms with Gasteiger partial charge in [0.2, 0.25) is 0 Å². The van der Waals surface area contributed by atoms with Crippen molar-refractivity contribution in [2.24, 2.45) is 0 Å². The molecule has 5 heterocycles. The lowest BCUT2D eigenvalue weighted by molar-refractivity contribution is 0.0828. The van der Waals surface area contributed by atoms with Crippen LogP contribution in [0.5, 0.6) is 0 Å². The number of rotatable bonds is 3. The first-order chi connectivity index (χ1) is 15.3. The SMILES string of the molecule is Cc1cccc(-c2ccn(-c3cc(N4CCOCC4)c4nc5n(c4n3)CCOC5)n2)c1. The molecule has 4 aromatic rings. The highest BCUT2D eigenvalue weighted by atomic mass is 16.5. The molecule has 0 bridgehead atoms. The van der Waals surface area contributed by atoms with Gasteiger partial charge in [-0.1, -0.05) is 23.8 Å². The summed E-state index contributed by atoms with van der Waals surface area (Å²) in [5.41, 5.74) is 6.16. The normalized spacial score (nSPS) is 16.6. The molecule has 2 aliphatic rings. The second kappa shape index (κ2) is 7.47. The summed E-state index contributed by atoms with van der Waals surface area (Å²) in [6.07, 6.45) is 1.98. The molecule has 3 aromatic heterocycles. The fraction of sp³-hybridized carbons (Fsp3) is 0.348. The van der Waals surface area contributed by atoms with Crippen molar-refractivity contribution in [1.29, 1.82) is 0 Å². The maximum atomic E-state index is 5.63. The second-order valence-electron chi connectivity index (χ2n) is 8.02. The smallest absolute Gasteiger partial charge is 0.164 e. The molecule has 8 nitrogen and oxygen atoms in total. The predicted molar refractivity (Wildman–Crippen MR) is 118 cm³/mol. The molecule has 0 N–H and O–H groups in total. The Bertz CT molecular complexity index is 1250. The van der Waals surface area contributed by atoms with Gasteiger partial charge in [0.05, 0.1) is 31.2 Å². The van der Waals surface area contributed by atoms with Crippen LogP contribution < -0.4 is 4.90 Å². The van der Waals surface area contributed by atoms with Gasteiger partial charge in [-0.05, 0) is 19.1 Å². The molecule has 8 heteroatoms. The Labute approximate surface area is 180 Å². The third-order valence-corrected chi connectivity index (χ3v) is 5.93. The average Bonchev–Trinajstić information content (AvgIpc) is 3.44. The maximum absolute atomic E-state index is 5.63. The van der Waals surface area contributed by atoms with Crippen LogP contribution in [0.2, 0.25) is 0 Å². The zero-order valence-corrected chi connectivity index (χ0v) is 17.5. The van der Waals surface area contributed by atoms with E-state index < -0.39 is 0 Å². The molecular weight excluding hydrogens is 392 g/mol. The van der Waals surface area contributed by atoms with Crippen LogP contribution in [-0.2, 0) is 22.6 Å². The molecule has 1 fully saturated rings. The topological polar surface area (TPSA) is 70.2 Å². The quantitative estimate of drug-likeness (QED) is 0.511. The molecule has 1 saturated heterocycles. The fourth-order valence-corrected chi connectivity index (χ4v) is 4.34. The van der Waals surface area contributed by atoms with Crippen molar-refractivity contribution in [3.63, 3.8) is 0 Å². The number of fused-ring (bicyclic) bond motifs is 3. The Kier molecular flexibility index (Phi) is 4.47. The summed E-state index contributed by atoms with van der Waals surface area (Å²) in [7, 11) is 0. The number of aryl methyl sites for hydroxylation is 1. The van der Waals surface area contributed by atoms with Crippen LogP contribution in [0.3, 0.4) is 0 Å². The fourth-order valence-electron chi connectivity index (χ4n) is 4.34. The number of nitrogens with zero attached hydrogens (tertiary/aromatic N) is 6. The molecule has 31 heavy (non-hydrogen) atoms. The van der Waals surface area contributed by atoms with E-state index >= 15 is 0 Å². The van der Waals surface area contributed by atoms with Gasteiger partial charge in [-0.25, -0.2) is 14.6 Å². The first-order valence-electron chi connectivity index (χ1n) is 10.7. The first kappa shape index (κ1) is 18.5. The highest BCUT2D eigenvalue weighted by Crippen LogP contribution is 2.31. The summed E-state index contributed by atoms with van der Waals surface area (Å²) in [6.45, 7) is 7.17. The third-order valence-electron chi connectivity index (χ3n) is 5.93. The van der Waals surface area contributed by atoms with Crippen LogP contribution in [0.1, 0.15) is 11.4 Å². The van der Waals surface area contributed by atoms with Gasteiger partial charge < -0.3 is 18.9 Å². The van der Waals surface area contributed by atoms with Gasteiger partial charge in [0.15, 0.2) is 11.5 Å². The van der Waals surface area contributed by atoms with Gasteiger partial charge in [0.25, 0.3) is 0 Å². The Morgan fingerprint density at radius 2 is 1.81 bits per heavy atom. The maximum Gasteiger partial charge on any atom is 0.164 e. The number of morpholine rings is 1. The second-order valence-corrected chi connectivity index (χ2v) is 8.02. The summed E-state index contributed by atoms with van der Waals surface area (Å²) in [6, 6.07) is 12.5. The van der Waals surface area contributed by atoms with E-state index in [9.17, 15) is 0 Å². The minimum absolute atomic E-state index is 0.521. The zero-order valence-electron chi connectivity index (χ0n) is 17.5. The number of anilines is 1. The number of benzene rings is 1. The summed E-state index contributed by atoms with van der Waals surface area (Å²) in [5.74, 6) is 1.73. The standard InChI is InChI=1S/C23H24N6O2/c1-16-3-2-4-17(13-16)18-5-6-29(26-18)20-14-19(27-7-10-30-11-8-27)22-23(25-20)28-9-12-31-15-21(28)24-22/h2-6,13-14H,7-12,15H2,1H3. The van der Waals surface area contributed by atoms with Gasteiger partial charge in [0, 0.05) is 37.5 Å². The van der Waals surface area contributed by atoms with Gasteiger partial charge in [-0.15, -0.1) is 0 Å². The van der Waals surface area contributed by atoms with Crippen molar-refractivity contribution in [3.8, 4) is 17.1 Å². The Hall–Kier alpha value is -3.23. The molecule has 0 radical (unpaired) electrons. The number of ether oxygens (including phenoxy) is 2. The molecule has 0 spiro atoms. The predicted octanol–water partition coefficient (Wildman–Crippen LogP) is 2.96. The number of hydrogen-bond acceptors (Lipinski definition) is 6. The van der Waals surface area contributed by atoms with Crippen molar-refractivity contribution in [2.75, 3.05) is 37.8 Å². The first-order valence-corrected chi connectivity index (χ1v) is 10.7. The summed E-state index contributed by atoms with van der Waals surface area (Å²) < 4.78 is 15.2. The van der Waals surface area contributed by atoms with E-state index in [0.29, 0.717) is 13.2 Å². The van der Waals surface area contributed by atoms with Crippen LogP contribution >= 0.6 is 0 Å². The molecule has 0 amide bonds. The van der Waals surface area contributed by atoms with Gasteiger partial charge in [-0.3, -0.25) is 0 Å². The van der Waals surface area contributed by atoms with E-state index in [0.717, 1.165) is 72.6 Å². The molecule has 0 unspecified atom stereocenters. The lowest BCUT2D eigenvalue weighted by Gasteiger charge is -2.29. The molecule has 1 aromatic carbocycles.